The number of rotatable bonds is 6. The first kappa shape index (κ1) is 16.4. The summed E-state index contributed by atoms with van der Waals surface area (Å²) in [5, 5.41) is 5.40. The van der Waals surface area contributed by atoms with Gasteiger partial charge in [0.25, 0.3) is 5.19 Å². The van der Waals surface area contributed by atoms with E-state index in [-0.39, 0.29) is 12.1 Å². The van der Waals surface area contributed by atoms with Crippen LogP contribution in [0.3, 0.4) is 0 Å². The molecule has 8 heteroatoms. The third-order valence-corrected chi connectivity index (χ3v) is 4.37. The number of nitrogens with zero attached hydrogens (tertiary/aromatic N) is 2. The van der Waals surface area contributed by atoms with E-state index in [0.717, 1.165) is 5.56 Å². The predicted molar refractivity (Wildman–Crippen MR) is 89.9 cm³/mol. The topological polar surface area (TPSA) is 72.9 Å². The average molecular weight is 349 g/mol. The van der Waals surface area contributed by atoms with Crippen molar-refractivity contribution in [2.75, 3.05) is 27.3 Å². The lowest BCUT2D eigenvalue weighted by Crippen LogP contribution is -2.58. The smallest absolute Gasteiger partial charge is 0.317 e. The van der Waals surface area contributed by atoms with Crippen molar-refractivity contribution in [3.05, 3.63) is 35.3 Å². The highest BCUT2D eigenvalue weighted by Gasteiger charge is 2.32. The van der Waals surface area contributed by atoms with Crippen LogP contribution in [0.4, 0.5) is 4.79 Å². The Morgan fingerprint density at radius 2 is 2.12 bits per heavy atom. The van der Waals surface area contributed by atoms with Crippen molar-refractivity contribution < 1.29 is 19.0 Å². The van der Waals surface area contributed by atoms with Gasteiger partial charge in [-0.05, 0) is 17.7 Å². The van der Waals surface area contributed by atoms with Crippen LogP contribution in [0.25, 0.3) is 0 Å². The summed E-state index contributed by atoms with van der Waals surface area (Å²) in [6.07, 6.45) is 1.72. The first-order valence-corrected chi connectivity index (χ1v) is 8.37. The fraction of sp³-hybridized carbons (Fsp3) is 0.375. The maximum atomic E-state index is 12.1. The minimum absolute atomic E-state index is 0.0166. The SMILES string of the molecule is COc1ccc(CNC(=O)N2CC(Oc3nccs3)C2)cc1OC. The third kappa shape index (κ3) is 3.70. The number of aromatic nitrogens is 1. The number of hydrogen-bond acceptors (Lipinski definition) is 6. The number of benzene rings is 1. The molecule has 1 N–H and O–H groups in total. The molecule has 24 heavy (non-hydrogen) atoms. The van der Waals surface area contributed by atoms with Crippen molar-refractivity contribution >= 4 is 17.4 Å². The van der Waals surface area contributed by atoms with E-state index in [1.54, 1.807) is 25.3 Å². The molecule has 3 rings (SSSR count). The van der Waals surface area contributed by atoms with E-state index in [2.05, 4.69) is 10.3 Å². The van der Waals surface area contributed by atoms with E-state index in [1.165, 1.54) is 11.3 Å². The van der Waals surface area contributed by atoms with Crippen LogP contribution in [-0.2, 0) is 6.54 Å². The molecule has 0 aliphatic carbocycles. The minimum atomic E-state index is -0.108. The highest BCUT2D eigenvalue weighted by molar-refractivity contribution is 7.11. The molecule has 0 radical (unpaired) electrons. The van der Waals surface area contributed by atoms with Crippen LogP contribution in [0.5, 0.6) is 16.7 Å². The van der Waals surface area contributed by atoms with E-state index < -0.39 is 0 Å². The summed E-state index contributed by atoms with van der Waals surface area (Å²) >= 11 is 1.45. The van der Waals surface area contributed by atoms with Crippen molar-refractivity contribution in [1.82, 2.24) is 15.2 Å². The minimum Gasteiger partial charge on any atom is -0.493 e. The van der Waals surface area contributed by atoms with Crippen molar-refractivity contribution in [2.45, 2.75) is 12.6 Å². The Labute approximate surface area is 144 Å². The fourth-order valence-electron chi connectivity index (χ4n) is 2.37. The molecule has 1 fully saturated rings. The highest BCUT2D eigenvalue weighted by atomic mass is 32.1. The van der Waals surface area contributed by atoms with E-state index in [9.17, 15) is 4.79 Å². The van der Waals surface area contributed by atoms with Gasteiger partial charge in [-0.1, -0.05) is 17.4 Å². The number of thiazole rings is 1. The molecule has 2 amide bonds. The molecule has 0 atom stereocenters. The Bertz CT molecular complexity index is 687. The number of ether oxygens (including phenoxy) is 3. The van der Waals surface area contributed by atoms with Gasteiger partial charge in [-0.3, -0.25) is 0 Å². The summed E-state index contributed by atoms with van der Waals surface area (Å²) in [4.78, 5) is 17.9. The quantitative estimate of drug-likeness (QED) is 0.865. The molecule has 2 heterocycles. The van der Waals surface area contributed by atoms with Crippen molar-refractivity contribution in [3.8, 4) is 16.7 Å². The molecule has 0 spiro atoms. The lowest BCUT2D eigenvalue weighted by molar-refractivity contribution is 0.0441. The summed E-state index contributed by atoms with van der Waals surface area (Å²) < 4.78 is 16.1. The van der Waals surface area contributed by atoms with Crippen molar-refractivity contribution in [1.29, 1.82) is 0 Å². The summed E-state index contributed by atoms with van der Waals surface area (Å²) in [6, 6.07) is 5.46. The summed E-state index contributed by atoms with van der Waals surface area (Å²) in [7, 11) is 3.18. The maximum Gasteiger partial charge on any atom is 0.317 e. The molecule has 7 nitrogen and oxygen atoms in total. The second kappa shape index (κ2) is 7.39. The van der Waals surface area contributed by atoms with Crippen LogP contribution < -0.4 is 19.5 Å². The first-order chi connectivity index (χ1) is 11.7. The van der Waals surface area contributed by atoms with Gasteiger partial charge in [0.1, 0.15) is 6.10 Å². The first-order valence-electron chi connectivity index (χ1n) is 7.49. The molecular weight excluding hydrogens is 330 g/mol. The normalized spacial score (nSPS) is 14.0. The molecule has 2 aromatic rings. The summed E-state index contributed by atoms with van der Waals surface area (Å²) in [5.74, 6) is 1.31. The van der Waals surface area contributed by atoms with Gasteiger partial charge in [0.2, 0.25) is 0 Å². The second-order valence-electron chi connectivity index (χ2n) is 5.29. The van der Waals surface area contributed by atoms with E-state index in [4.69, 9.17) is 14.2 Å². The lowest BCUT2D eigenvalue weighted by atomic mass is 10.2. The Balaban J connectivity index is 1.45. The van der Waals surface area contributed by atoms with Crippen molar-refractivity contribution in [3.63, 3.8) is 0 Å². The van der Waals surface area contributed by atoms with E-state index in [0.29, 0.717) is 36.3 Å². The standard InChI is InChI=1S/C16H19N3O4S/c1-21-13-4-3-11(7-14(13)22-2)8-18-15(20)19-9-12(10-19)23-16-17-5-6-24-16/h3-7,12H,8-10H2,1-2H3,(H,18,20). The average Bonchev–Trinajstić information content (AvgIpc) is 3.08. The predicted octanol–water partition coefficient (Wildman–Crippen LogP) is 2.13. The van der Waals surface area contributed by atoms with Crippen molar-refractivity contribution in [2.24, 2.45) is 0 Å². The molecule has 1 aliphatic rings. The second-order valence-corrected chi connectivity index (χ2v) is 6.15. The molecule has 1 aliphatic heterocycles. The zero-order valence-electron chi connectivity index (χ0n) is 13.5. The molecular formula is C16H19N3O4S. The van der Waals surface area contributed by atoms with Gasteiger partial charge in [0, 0.05) is 18.1 Å². The van der Waals surface area contributed by atoms with Gasteiger partial charge in [0.05, 0.1) is 27.3 Å². The van der Waals surface area contributed by atoms with Gasteiger partial charge >= 0.3 is 6.03 Å². The number of amides is 2. The largest absolute Gasteiger partial charge is 0.493 e. The summed E-state index contributed by atoms with van der Waals surface area (Å²) in [5.41, 5.74) is 0.942. The molecule has 0 bridgehead atoms. The van der Waals surface area contributed by atoms with Crippen LogP contribution in [0.1, 0.15) is 5.56 Å². The van der Waals surface area contributed by atoms with Crippen LogP contribution in [0.2, 0.25) is 0 Å². The Hall–Kier alpha value is -2.48. The summed E-state index contributed by atoms with van der Waals surface area (Å²) in [6.45, 7) is 1.56. The molecule has 1 saturated heterocycles. The Morgan fingerprint density at radius 3 is 2.79 bits per heavy atom. The molecule has 128 valence electrons. The monoisotopic (exact) mass is 349 g/mol. The Morgan fingerprint density at radius 1 is 1.33 bits per heavy atom. The number of nitrogens with one attached hydrogen (secondary N) is 1. The van der Waals surface area contributed by atoms with E-state index >= 15 is 0 Å². The van der Waals surface area contributed by atoms with E-state index in [1.807, 2.05) is 23.6 Å². The number of methoxy groups -OCH3 is 2. The van der Waals surface area contributed by atoms with Crippen LogP contribution in [0.15, 0.2) is 29.8 Å². The number of hydrogen-bond donors (Lipinski definition) is 1. The molecule has 1 aromatic heterocycles. The van der Waals surface area contributed by atoms with Crippen LogP contribution in [0, 0.1) is 0 Å². The fourth-order valence-corrected chi connectivity index (χ4v) is 2.92. The number of likely N-dealkylation sites (tertiary alicyclic amines) is 1. The van der Waals surface area contributed by atoms with Crippen LogP contribution in [-0.4, -0.2) is 49.3 Å². The third-order valence-electron chi connectivity index (χ3n) is 3.70. The van der Waals surface area contributed by atoms with Gasteiger partial charge in [-0.25, -0.2) is 9.78 Å². The zero-order valence-corrected chi connectivity index (χ0v) is 14.3. The molecule has 0 unspecified atom stereocenters. The van der Waals surface area contributed by atoms with Gasteiger partial charge in [0.15, 0.2) is 11.5 Å². The number of carbonyl (C=O) groups excluding carboxylic acids is 1. The molecule has 1 aromatic carbocycles. The Kier molecular flexibility index (Phi) is 5.05. The number of urea groups is 1. The zero-order chi connectivity index (χ0) is 16.9. The molecule has 0 saturated carbocycles. The number of carbonyl (C=O) groups is 1. The lowest BCUT2D eigenvalue weighted by Gasteiger charge is -2.38. The van der Waals surface area contributed by atoms with Crippen LogP contribution >= 0.6 is 11.3 Å². The van der Waals surface area contributed by atoms with Gasteiger partial charge in [-0.15, -0.1) is 0 Å². The van der Waals surface area contributed by atoms with Gasteiger partial charge in [-0.2, -0.15) is 0 Å². The van der Waals surface area contributed by atoms with Gasteiger partial charge < -0.3 is 24.4 Å². The maximum absolute atomic E-state index is 12.1. The highest BCUT2D eigenvalue weighted by Crippen LogP contribution is 2.27.